The van der Waals surface area contributed by atoms with E-state index in [0.29, 0.717) is 18.1 Å². The Morgan fingerprint density at radius 3 is 2.53 bits per heavy atom. The first-order valence-electron chi connectivity index (χ1n) is 13.1. The Kier molecular flexibility index (Phi) is 7.56. The molecule has 1 aliphatic rings. The SMILES string of the molecule is COc1ccc(C2(CNc3ncc4ccc(-c5cccc(C(=O)NC(C)C)c5)cc4n3)CCOCC2)cc1. The first-order chi connectivity index (χ1) is 18.5. The van der Waals surface area contributed by atoms with E-state index in [9.17, 15) is 4.79 Å². The number of ether oxygens (including phenoxy) is 2. The number of anilines is 1. The van der Waals surface area contributed by atoms with Crippen LogP contribution < -0.4 is 15.4 Å². The molecule has 0 spiro atoms. The number of amides is 1. The van der Waals surface area contributed by atoms with Crippen LogP contribution in [0.25, 0.3) is 22.0 Å². The Hall–Kier alpha value is -3.97. The number of hydrogen-bond donors (Lipinski definition) is 2. The molecule has 0 aliphatic carbocycles. The third-order valence-electron chi connectivity index (χ3n) is 7.20. The number of rotatable bonds is 8. The van der Waals surface area contributed by atoms with Gasteiger partial charge in [0.2, 0.25) is 5.95 Å². The Morgan fingerprint density at radius 2 is 1.79 bits per heavy atom. The monoisotopic (exact) mass is 510 g/mol. The van der Waals surface area contributed by atoms with Crippen LogP contribution in [-0.2, 0) is 10.2 Å². The molecule has 0 saturated carbocycles. The highest BCUT2D eigenvalue weighted by atomic mass is 16.5. The second kappa shape index (κ2) is 11.2. The van der Waals surface area contributed by atoms with Gasteiger partial charge in [0.1, 0.15) is 5.75 Å². The lowest BCUT2D eigenvalue weighted by Crippen LogP contribution is -2.40. The molecule has 1 saturated heterocycles. The van der Waals surface area contributed by atoms with E-state index in [1.165, 1.54) is 5.56 Å². The van der Waals surface area contributed by atoms with Gasteiger partial charge in [-0.1, -0.05) is 36.4 Å². The molecule has 1 aromatic heterocycles. The summed E-state index contributed by atoms with van der Waals surface area (Å²) in [7, 11) is 1.68. The number of benzene rings is 3. The van der Waals surface area contributed by atoms with Crippen LogP contribution in [0, 0.1) is 0 Å². The predicted molar refractivity (Wildman–Crippen MR) is 151 cm³/mol. The average Bonchev–Trinajstić information content (AvgIpc) is 2.96. The first-order valence-corrected chi connectivity index (χ1v) is 13.1. The van der Waals surface area contributed by atoms with E-state index in [0.717, 1.165) is 53.8 Å². The van der Waals surface area contributed by atoms with Crippen LogP contribution in [0.15, 0.2) is 72.9 Å². The molecular formula is C31H34N4O3. The summed E-state index contributed by atoms with van der Waals surface area (Å²) >= 11 is 0. The standard InChI is InChI=1S/C31H34N4O3/c1-21(2)34-29(36)24-6-4-5-22(17-24)23-7-8-25-19-32-30(35-28(25)18-23)33-20-31(13-15-38-16-14-31)26-9-11-27(37-3)12-10-26/h4-12,17-19,21H,13-16,20H2,1-3H3,(H,34,36)(H,32,33,35). The van der Waals surface area contributed by atoms with E-state index in [1.54, 1.807) is 7.11 Å². The molecule has 5 rings (SSSR count). The van der Waals surface area contributed by atoms with Crippen molar-refractivity contribution in [1.82, 2.24) is 15.3 Å². The predicted octanol–water partition coefficient (Wildman–Crippen LogP) is 5.60. The maximum absolute atomic E-state index is 12.5. The van der Waals surface area contributed by atoms with Crippen LogP contribution in [0.1, 0.15) is 42.6 Å². The molecule has 0 atom stereocenters. The summed E-state index contributed by atoms with van der Waals surface area (Å²) in [5.41, 5.74) is 4.65. The van der Waals surface area contributed by atoms with Gasteiger partial charge in [-0.15, -0.1) is 0 Å². The van der Waals surface area contributed by atoms with Gasteiger partial charge in [0.25, 0.3) is 5.91 Å². The van der Waals surface area contributed by atoms with E-state index < -0.39 is 0 Å². The number of methoxy groups -OCH3 is 1. The molecule has 196 valence electrons. The smallest absolute Gasteiger partial charge is 0.251 e. The van der Waals surface area contributed by atoms with Gasteiger partial charge in [-0.25, -0.2) is 9.97 Å². The second-order valence-electron chi connectivity index (χ2n) is 10.2. The van der Waals surface area contributed by atoms with Crippen molar-refractivity contribution in [3.05, 3.63) is 84.1 Å². The highest BCUT2D eigenvalue weighted by Gasteiger charge is 2.34. The van der Waals surface area contributed by atoms with E-state index >= 15 is 0 Å². The Morgan fingerprint density at radius 1 is 1.03 bits per heavy atom. The molecule has 7 heteroatoms. The van der Waals surface area contributed by atoms with Crippen molar-refractivity contribution < 1.29 is 14.3 Å². The first kappa shape index (κ1) is 25.7. The van der Waals surface area contributed by atoms with Crippen molar-refractivity contribution in [2.24, 2.45) is 0 Å². The number of aromatic nitrogens is 2. The molecule has 0 radical (unpaired) electrons. The van der Waals surface area contributed by atoms with Crippen LogP contribution in [0.3, 0.4) is 0 Å². The number of nitrogens with zero attached hydrogens (tertiary/aromatic N) is 2. The minimum atomic E-state index is -0.0737. The topological polar surface area (TPSA) is 85.4 Å². The number of fused-ring (bicyclic) bond motifs is 1. The molecule has 4 aromatic rings. The van der Waals surface area contributed by atoms with Gasteiger partial charge >= 0.3 is 0 Å². The number of hydrogen-bond acceptors (Lipinski definition) is 6. The molecule has 3 aromatic carbocycles. The number of carbonyl (C=O) groups excluding carboxylic acids is 1. The Bertz CT molecular complexity index is 1410. The summed E-state index contributed by atoms with van der Waals surface area (Å²) in [6.07, 6.45) is 3.69. The third kappa shape index (κ3) is 5.63. The minimum absolute atomic E-state index is 0.0678. The average molecular weight is 511 g/mol. The highest BCUT2D eigenvalue weighted by Crippen LogP contribution is 2.36. The fourth-order valence-electron chi connectivity index (χ4n) is 5.00. The lowest BCUT2D eigenvalue weighted by Gasteiger charge is -2.38. The van der Waals surface area contributed by atoms with E-state index in [-0.39, 0.29) is 17.4 Å². The fraction of sp³-hybridized carbons (Fsp3) is 0.323. The zero-order chi connectivity index (χ0) is 26.5. The molecule has 2 heterocycles. The molecule has 38 heavy (non-hydrogen) atoms. The number of carbonyl (C=O) groups is 1. The van der Waals surface area contributed by atoms with Crippen molar-refractivity contribution in [3.8, 4) is 16.9 Å². The summed E-state index contributed by atoms with van der Waals surface area (Å²) in [4.78, 5) is 21.9. The second-order valence-corrected chi connectivity index (χ2v) is 10.2. The Labute approximate surface area is 223 Å². The zero-order valence-corrected chi connectivity index (χ0v) is 22.2. The van der Waals surface area contributed by atoms with Crippen LogP contribution in [0.5, 0.6) is 5.75 Å². The van der Waals surface area contributed by atoms with Gasteiger partial charge in [-0.2, -0.15) is 0 Å². The molecule has 0 bridgehead atoms. The van der Waals surface area contributed by atoms with Crippen LogP contribution in [0.2, 0.25) is 0 Å². The van der Waals surface area contributed by atoms with Gasteiger partial charge in [-0.3, -0.25) is 4.79 Å². The van der Waals surface area contributed by atoms with Crippen molar-refractivity contribution in [1.29, 1.82) is 0 Å². The van der Waals surface area contributed by atoms with Gasteiger partial charge in [0.15, 0.2) is 0 Å². The number of nitrogens with one attached hydrogen (secondary N) is 2. The summed E-state index contributed by atoms with van der Waals surface area (Å²) in [6.45, 7) is 6.07. The minimum Gasteiger partial charge on any atom is -0.497 e. The third-order valence-corrected chi connectivity index (χ3v) is 7.20. The maximum Gasteiger partial charge on any atom is 0.251 e. The van der Waals surface area contributed by atoms with Crippen molar-refractivity contribution in [2.45, 2.75) is 38.1 Å². The summed E-state index contributed by atoms with van der Waals surface area (Å²) in [6, 6.07) is 22.2. The van der Waals surface area contributed by atoms with Gasteiger partial charge in [0.05, 0.1) is 12.6 Å². The van der Waals surface area contributed by atoms with E-state index in [4.69, 9.17) is 14.5 Å². The zero-order valence-electron chi connectivity index (χ0n) is 22.2. The van der Waals surface area contributed by atoms with E-state index in [2.05, 4.69) is 33.8 Å². The molecule has 7 nitrogen and oxygen atoms in total. The largest absolute Gasteiger partial charge is 0.497 e. The fourth-order valence-corrected chi connectivity index (χ4v) is 5.00. The molecular weight excluding hydrogens is 476 g/mol. The lowest BCUT2D eigenvalue weighted by molar-refractivity contribution is 0.0543. The van der Waals surface area contributed by atoms with Crippen LogP contribution in [0.4, 0.5) is 5.95 Å². The summed E-state index contributed by atoms with van der Waals surface area (Å²) in [5, 5.41) is 7.43. The lowest BCUT2D eigenvalue weighted by atomic mass is 9.74. The maximum atomic E-state index is 12.5. The summed E-state index contributed by atoms with van der Waals surface area (Å²) in [5.74, 6) is 1.37. The highest BCUT2D eigenvalue weighted by molar-refractivity contribution is 5.96. The molecule has 1 fully saturated rings. The van der Waals surface area contributed by atoms with Crippen molar-refractivity contribution >= 4 is 22.8 Å². The van der Waals surface area contributed by atoms with Gasteiger partial charge in [0, 0.05) is 48.4 Å². The van der Waals surface area contributed by atoms with Crippen molar-refractivity contribution in [3.63, 3.8) is 0 Å². The van der Waals surface area contributed by atoms with Gasteiger partial charge < -0.3 is 20.1 Å². The molecule has 1 aliphatic heterocycles. The quantitative estimate of drug-likeness (QED) is 0.321. The molecule has 0 unspecified atom stereocenters. The van der Waals surface area contributed by atoms with Crippen LogP contribution >= 0.6 is 0 Å². The summed E-state index contributed by atoms with van der Waals surface area (Å²) < 4.78 is 11.0. The Balaban J connectivity index is 1.38. The van der Waals surface area contributed by atoms with Crippen molar-refractivity contribution in [2.75, 3.05) is 32.2 Å². The molecule has 2 N–H and O–H groups in total. The van der Waals surface area contributed by atoms with Crippen LogP contribution in [-0.4, -0.2) is 48.8 Å². The normalized spacial score (nSPS) is 14.8. The van der Waals surface area contributed by atoms with E-state index in [1.807, 2.05) is 68.6 Å². The van der Waals surface area contributed by atoms with Gasteiger partial charge in [-0.05, 0) is 73.7 Å². The molecule has 1 amide bonds.